The lowest BCUT2D eigenvalue weighted by molar-refractivity contribution is -0.385. The summed E-state index contributed by atoms with van der Waals surface area (Å²) in [6, 6.07) is 11.9. The number of rotatable bonds is 6. The Hall–Kier alpha value is -2.94. The summed E-state index contributed by atoms with van der Waals surface area (Å²) in [5.41, 5.74) is 0.121. The van der Waals surface area contributed by atoms with Crippen molar-refractivity contribution in [2.75, 3.05) is 7.11 Å². The van der Waals surface area contributed by atoms with Crippen LogP contribution in [0.1, 0.15) is 5.56 Å². The van der Waals surface area contributed by atoms with Gasteiger partial charge in [0.2, 0.25) is 0 Å². The van der Waals surface area contributed by atoms with Gasteiger partial charge in [-0.05, 0) is 24.3 Å². The number of nitrogens with zero attached hydrogens (tertiary/aromatic N) is 2. The highest BCUT2D eigenvalue weighted by atomic mass is 32.2. The van der Waals surface area contributed by atoms with Gasteiger partial charge in [-0.25, -0.2) is 4.83 Å². The van der Waals surface area contributed by atoms with E-state index in [9.17, 15) is 18.5 Å². The van der Waals surface area contributed by atoms with Gasteiger partial charge in [-0.15, -0.1) is 0 Å². The maximum absolute atomic E-state index is 11.9. The van der Waals surface area contributed by atoms with Crippen molar-refractivity contribution in [2.24, 2.45) is 5.10 Å². The van der Waals surface area contributed by atoms with Crippen molar-refractivity contribution in [3.8, 4) is 5.75 Å². The second-order valence-electron chi connectivity index (χ2n) is 4.35. The van der Waals surface area contributed by atoms with Gasteiger partial charge in [0.25, 0.3) is 10.0 Å². The van der Waals surface area contributed by atoms with Gasteiger partial charge in [-0.2, -0.15) is 13.5 Å². The highest BCUT2D eigenvalue weighted by molar-refractivity contribution is 7.89. The summed E-state index contributed by atoms with van der Waals surface area (Å²) < 4.78 is 28.8. The summed E-state index contributed by atoms with van der Waals surface area (Å²) in [6.45, 7) is 0. The average molecular weight is 335 g/mol. The molecular weight excluding hydrogens is 322 g/mol. The highest BCUT2D eigenvalue weighted by Gasteiger charge is 2.15. The van der Waals surface area contributed by atoms with E-state index in [2.05, 4.69) is 5.10 Å². The SMILES string of the molecule is COc1ccc(/C=N/NS(=O)(=O)c2ccccc2)cc1[N+](=O)[O-]. The van der Waals surface area contributed by atoms with Crippen LogP contribution in [0.5, 0.6) is 5.75 Å². The van der Waals surface area contributed by atoms with Crippen LogP contribution in [-0.2, 0) is 10.0 Å². The molecule has 2 rings (SSSR count). The van der Waals surface area contributed by atoms with Crippen LogP contribution in [0.25, 0.3) is 0 Å². The van der Waals surface area contributed by atoms with E-state index in [4.69, 9.17) is 4.74 Å². The third-order valence-electron chi connectivity index (χ3n) is 2.84. The molecule has 23 heavy (non-hydrogen) atoms. The highest BCUT2D eigenvalue weighted by Crippen LogP contribution is 2.26. The van der Waals surface area contributed by atoms with Crippen molar-refractivity contribution in [3.05, 3.63) is 64.2 Å². The summed E-state index contributed by atoms with van der Waals surface area (Å²) in [6.07, 6.45) is 1.17. The maximum atomic E-state index is 11.9. The van der Waals surface area contributed by atoms with Crippen molar-refractivity contribution in [1.82, 2.24) is 4.83 Å². The third kappa shape index (κ3) is 4.04. The summed E-state index contributed by atoms with van der Waals surface area (Å²) in [4.78, 5) is 12.4. The molecule has 0 saturated heterocycles. The number of ether oxygens (including phenoxy) is 1. The fourth-order valence-electron chi connectivity index (χ4n) is 1.75. The molecule has 2 aromatic carbocycles. The normalized spacial score (nSPS) is 11.3. The molecule has 0 unspecified atom stereocenters. The first-order chi connectivity index (χ1) is 10.9. The molecule has 0 aromatic heterocycles. The number of hydrogen-bond donors (Lipinski definition) is 1. The van der Waals surface area contributed by atoms with E-state index in [-0.39, 0.29) is 16.3 Å². The van der Waals surface area contributed by atoms with Crippen LogP contribution < -0.4 is 9.57 Å². The van der Waals surface area contributed by atoms with E-state index in [1.807, 2.05) is 4.83 Å². The van der Waals surface area contributed by atoms with Gasteiger partial charge in [0.1, 0.15) is 0 Å². The molecule has 0 spiro atoms. The minimum Gasteiger partial charge on any atom is -0.490 e. The van der Waals surface area contributed by atoms with Crippen LogP contribution in [0.4, 0.5) is 5.69 Å². The van der Waals surface area contributed by atoms with E-state index in [1.165, 1.54) is 43.7 Å². The van der Waals surface area contributed by atoms with Crippen molar-refractivity contribution >= 4 is 21.9 Å². The second kappa shape index (κ2) is 6.88. The van der Waals surface area contributed by atoms with Gasteiger partial charge < -0.3 is 4.74 Å². The van der Waals surface area contributed by atoms with Gasteiger partial charge in [0.15, 0.2) is 5.75 Å². The van der Waals surface area contributed by atoms with Crippen LogP contribution in [0.2, 0.25) is 0 Å². The average Bonchev–Trinajstić information content (AvgIpc) is 2.55. The first-order valence-electron chi connectivity index (χ1n) is 6.36. The molecule has 0 saturated carbocycles. The van der Waals surface area contributed by atoms with Crippen LogP contribution in [0.3, 0.4) is 0 Å². The first-order valence-corrected chi connectivity index (χ1v) is 7.85. The molecule has 1 N–H and O–H groups in total. The quantitative estimate of drug-likeness (QED) is 0.492. The zero-order chi connectivity index (χ0) is 16.9. The predicted octanol–water partition coefficient (Wildman–Crippen LogP) is 1.92. The fourth-order valence-corrected chi connectivity index (χ4v) is 2.56. The van der Waals surface area contributed by atoms with Crippen LogP contribution in [-0.4, -0.2) is 26.7 Å². The zero-order valence-corrected chi connectivity index (χ0v) is 12.9. The number of nitro groups is 1. The lowest BCUT2D eigenvalue weighted by Crippen LogP contribution is -2.18. The molecule has 120 valence electrons. The number of hydrogen-bond acceptors (Lipinski definition) is 6. The number of hydrazone groups is 1. The van der Waals surface area contributed by atoms with Gasteiger partial charge >= 0.3 is 5.69 Å². The fraction of sp³-hybridized carbons (Fsp3) is 0.0714. The summed E-state index contributed by atoms with van der Waals surface area (Å²) in [5.74, 6) is 0.108. The molecule has 8 nitrogen and oxygen atoms in total. The maximum Gasteiger partial charge on any atom is 0.311 e. The molecule has 0 aliphatic rings. The van der Waals surface area contributed by atoms with Gasteiger partial charge in [-0.1, -0.05) is 18.2 Å². The van der Waals surface area contributed by atoms with Crippen molar-refractivity contribution in [2.45, 2.75) is 4.90 Å². The molecule has 0 atom stereocenters. The van der Waals surface area contributed by atoms with Gasteiger partial charge in [-0.3, -0.25) is 10.1 Å². The second-order valence-corrected chi connectivity index (χ2v) is 6.02. The van der Waals surface area contributed by atoms with Crippen molar-refractivity contribution in [3.63, 3.8) is 0 Å². The van der Waals surface area contributed by atoms with Crippen LogP contribution in [0.15, 0.2) is 58.5 Å². The van der Waals surface area contributed by atoms with Crippen LogP contribution in [0, 0.1) is 10.1 Å². The first kappa shape index (κ1) is 16.4. The molecule has 0 bridgehead atoms. The Morgan fingerprint density at radius 3 is 2.52 bits per heavy atom. The Kier molecular flexibility index (Phi) is 4.91. The molecule has 0 aliphatic heterocycles. The molecule has 0 amide bonds. The molecule has 2 aromatic rings. The number of methoxy groups -OCH3 is 1. The Morgan fingerprint density at radius 1 is 1.22 bits per heavy atom. The summed E-state index contributed by atoms with van der Waals surface area (Å²) in [5, 5.41) is 14.5. The monoisotopic (exact) mass is 335 g/mol. The van der Waals surface area contributed by atoms with E-state index in [1.54, 1.807) is 18.2 Å². The standard InChI is InChI=1S/C14H13N3O5S/c1-22-14-8-7-11(9-13(14)17(18)19)10-15-16-23(20,21)12-5-3-2-4-6-12/h2-10,16H,1H3/b15-10+. The number of nitrogens with one attached hydrogen (secondary N) is 1. The Bertz CT molecular complexity index is 835. The minimum absolute atomic E-state index is 0.0675. The number of nitro benzene ring substituents is 1. The molecule has 0 aliphatic carbocycles. The van der Waals surface area contributed by atoms with E-state index in [0.29, 0.717) is 5.56 Å². The van der Waals surface area contributed by atoms with Crippen LogP contribution >= 0.6 is 0 Å². The lowest BCUT2D eigenvalue weighted by atomic mass is 10.2. The molecule has 9 heteroatoms. The lowest BCUT2D eigenvalue weighted by Gasteiger charge is -2.03. The Balaban J connectivity index is 2.18. The zero-order valence-electron chi connectivity index (χ0n) is 12.0. The topological polar surface area (TPSA) is 111 Å². The molecule has 0 fully saturated rings. The van der Waals surface area contributed by atoms with E-state index < -0.39 is 14.9 Å². The van der Waals surface area contributed by atoms with E-state index >= 15 is 0 Å². The largest absolute Gasteiger partial charge is 0.490 e. The van der Waals surface area contributed by atoms with Gasteiger partial charge in [0.05, 0.1) is 23.1 Å². The molecular formula is C14H13N3O5S. The predicted molar refractivity (Wildman–Crippen MR) is 84.0 cm³/mol. The molecule has 0 radical (unpaired) electrons. The van der Waals surface area contributed by atoms with E-state index in [0.717, 1.165) is 0 Å². The molecule has 0 heterocycles. The summed E-state index contributed by atoms with van der Waals surface area (Å²) in [7, 11) is -2.45. The van der Waals surface area contributed by atoms with Crippen molar-refractivity contribution in [1.29, 1.82) is 0 Å². The Morgan fingerprint density at radius 2 is 1.91 bits per heavy atom. The summed E-state index contributed by atoms with van der Waals surface area (Å²) >= 11 is 0. The smallest absolute Gasteiger partial charge is 0.311 e. The Labute approximate surface area is 132 Å². The number of benzene rings is 2. The number of sulfonamides is 1. The van der Waals surface area contributed by atoms with Gasteiger partial charge in [0, 0.05) is 11.6 Å². The third-order valence-corrected chi connectivity index (χ3v) is 4.08. The van der Waals surface area contributed by atoms with Crippen molar-refractivity contribution < 1.29 is 18.1 Å². The minimum atomic E-state index is -3.78.